The summed E-state index contributed by atoms with van der Waals surface area (Å²) in [6, 6.07) is 4.96. The molecule has 0 bridgehead atoms. The summed E-state index contributed by atoms with van der Waals surface area (Å²) < 4.78 is 3.77. The van der Waals surface area contributed by atoms with Crippen LogP contribution in [0.3, 0.4) is 0 Å². The van der Waals surface area contributed by atoms with Gasteiger partial charge >= 0.3 is 76.0 Å². The van der Waals surface area contributed by atoms with E-state index in [0.717, 1.165) is 0 Å². The minimum Gasteiger partial charge on any atom is -0.805 e. The van der Waals surface area contributed by atoms with Gasteiger partial charge < -0.3 is 9.94 Å². The predicted molar refractivity (Wildman–Crippen MR) is 85.1 cm³/mol. The van der Waals surface area contributed by atoms with Crippen LogP contribution in [0.15, 0.2) is 24.4 Å². The number of hydrogen-bond acceptors (Lipinski definition) is 2. The first kappa shape index (κ1) is 18.3. The molecule has 5 heteroatoms. The minimum absolute atomic E-state index is 0.313. The van der Waals surface area contributed by atoms with E-state index >= 15 is 0 Å². The van der Waals surface area contributed by atoms with E-state index in [9.17, 15) is 5.21 Å². The van der Waals surface area contributed by atoms with E-state index in [0.29, 0.717) is 9.37 Å². The van der Waals surface area contributed by atoms with Gasteiger partial charge in [-0.3, -0.25) is 0 Å². The number of aromatic nitrogens is 1. The summed E-state index contributed by atoms with van der Waals surface area (Å²) in [6.07, 6.45) is 6.78. The third-order valence-electron chi connectivity index (χ3n) is 2.39. The topological polar surface area (TPSA) is 28.0 Å². The standard InChI is InChI=1S/C5H4NOS.2C4H9.ClH.Sn/c7-6-4-2-1-3-5(6)8;2*1-3-4-2;;/h1-4H;2*1,3-4H2,2H3;1H;/q-1;;;;+2/p-1. The van der Waals surface area contributed by atoms with Crippen LogP contribution < -0.4 is 0 Å². The fourth-order valence-corrected chi connectivity index (χ4v) is 8.13. The SMILES string of the molecule is CCC[CH2][Sn+]([Cl])[CH2]CCC.[O-]n1ccccc1=S. The van der Waals surface area contributed by atoms with Crippen molar-refractivity contribution in [1.82, 2.24) is 4.73 Å². The molecule has 0 atom stereocenters. The van der Waals surface area contributed by atoms with Crippen molar-refractivity contribution in [3.63, 3.8) is 0 Å². The molecule has 0 saturated heterocycles. The molecule has 0 aliphatic carbocycles. The van der Waals surface area contributed by atoms with Gasteiger partial charge in [-0.2, -0.15) is 0 Å². The Hall–Kier alpha value is 0.259. The van der Waals surface area contributed by atoms with Crippen LogP contribution in [0.5, 0.6) is 0 Å². The first-order valence-corrected chi connectivity index (χ1v) is 14.5. The van der Waals surface area contributed by atoms with Crippen LogP contribution in [0.25, 0.3) is 0 Å². The van der Waals surface area contributed by atoms with E-state index in [1.54, 1.807) is 18.2 Å². The Kier molecular flexibility index (Phi) is 12.5. The van der Waals surface area contributed by atoms with Crippen LogP contribution in [-0.4, -0.2) is 23.4 Å². The van der Waals surface area contributed by atoms with Crippen molar-refractivity contribution in [2.45, 2.75) is 48.4 Å². The molecule has 2 nitrogen and oxygen atoms in total. The summed E-state index contributed by atoms with van der Waals surface area (Å²) >= 11 is 3.34. The molecule has 0 aliphatic rings. The van der Waals surface area contributed by atoms with Gasteiger partial charge in [0.05, 0.1) is 0 Å². The van der Waals surface area contributed by atoms with Crippen molar-refractivity contribution in [3.05, 3.63) is 34.2 Å². The normalized spacial score (nSPS) is 9.50. The van der Waals surface area contributed by atoms with Crippen molar-refractivity contribution >= 4 is 39.8 Å². The third kappa shape index (κ3) is 10.2. The molecule has 0 saturated carbocycles. The molecule has 0 N–H and O–H groups in total. The van der Waals surface area contributed by atoms with Crippen LogP contribution in [0, 0.1) is 9.85 Å². The number of unbranched alkanes of at least 4 members (excludes halogenated alkanes) is 2. The fraction of sp³-hybridized carbons (Fsp3) is 0.615. The molecule has 0 aromatic carbocycles. The Morgan fingerprint density at radius 2 is 1.78 bits per heavy atom. The van der Waals surface area contributed by atoms with Gasteiger partial charge in [0.15, 0.2) is 0 Å². The fourth-order valence-electron chi connectivity index (χ4n) is 1.27. The summed E-state index contributed by atoms with van der Waals surface area (Å²) in [4.78, 5) is 0. The summed E-state index contributed by atoms with van der Waals surface area (Å²) in [5, 5.41) is 10.4. The van der Waals surface area contributed by atoms with Gasteiger partial charge in [-0.05, 0) is 18.3 Å². The van der Waals surface area contributed by atoms with E-state index in [-0.39, 0.29) is 0 Å². The van der Waals surface area contributed by atoms with Crippen molar-refractivity contribution in [1.29, 1.82) is 0 Å². The van der Waals surface area contributed by atoms with Crippen LogP contribution in [0.1, 0.15) is 39.5 Å². The number of rotatable bonds is 6. The molecular formula is C13H22ClNOSSn. The Balaban J connectivity index is 0.000000327. The number of pyridine rings is 1. The zero-order valence-corrected chi connectivity index (χ0v) is 15.6. The molecule has 1 heterocycles. The number of halogens is 1. The average molecular weight is 395 g/mol. The average Bonchev–Trinajstić information content (AvgIpc) is 2.38. The Bertz CT molecular complexity index is 351. The third-order valence-corrected chi connectivity index (χ3v) is 10.4. The second-order valence-electron chi connectivity index (χ2n) is 4.09. The maximum absolute atomic E-state index is 10.4. The van der Waals surface area contributed by atoms with Crippen molar-refractivity contribution in [2.75, 3.05) is 0 Å². The molecule has 1 rings (SSSR count). The molecule has 102 valence electrons. The molecule has 0 amide bonds. The molecule has 0 spiro atoms. The smallest absolute Gasteiger partial charge is 0.101 e. The van der Waals surface area contributed by atoms with Gasteiger partial charge in [-0.15, -0.1) is 0 Å². The second-order valence-corrected chi connectivity index (χ2v) is 13.9. The predicted octanol–water partition coefficient (Wildman–Crippen LogP) is 5.38. The molecule has 0 aliphatic heterocycles. The van der Waals surface area contributed by atoms with Crippen molar-refractivity contribution in [2.24, 2.45) is 0 Å². The van der Waals surface area contributed by atoms with E-state index in [4.69, 9.17) is 8.92 Å². The molecule has 0 radical (unpaired) electrons. The maximum atomic E-state index is 10.4. The van der Waals surface area contributed by atoms with E-state index in [2.05, 4.69) is 26.1 Å². The molecular weight excluding hydrogens is 372 g/mol. The van der Waals surface area contributed by atoms with E-state index in [1.165, 1.54) is 40.8 Å². The minimum atomic E-state index is -1.27. The second kappa shape index (κ2) is 12.3. The summed E-state index contributed by atoms with van der Waals surface area (Å²) in [7, 11) is 6.24. The zero-order valence-electron chi connectivity index (χ0n) is 11.2. The molecule has 18 heavy (non-hydrogen) atoms. The molecule has 0 fully saturated rings. The molecule has 1 aromatic rings. The van der Waals surface area contributed by atoms with Gasteiger partial charge in [-0.25, -0.2) is 0 Å². The first-order chi connectivity index (χ1) is 8.61. The molecule has 0 unspecified atom stereocenters. The van der Waals surface area contributed by atoms with Gasteiger partial charge in [0.1, 0.15) is 4.64 Å². The quantitative estimate of drug-likeness (QED) is 0.479. The largest absolute Gasteiger partial charge is 0.805 e. The number of hydrogen-bond donors (Lipinski definition) is 0. The van der Waals surface area contributed by atoms with Crippen LogP contribution >= 0.6 is 21.1 Å². The zero-order chi connectivity index (χ0) is 13.8. The van der Waals surface area contributed by atoms with Crippen LogP contribution in [-0.2, 0) is 0 Å². The maximum Gasteiger partial charge on any atom is 0.101 e. The van der Waals surface area contributed by atoms with Crippen molar-refractivity contribution < 1.29 is 0 Å². The molecule has 1 aromatic heterocycles. The Labute approximate surface area is 126 Å². The van der Waals surface area contributed by atoms with Crippen LogP contribution in [0.2, 0.25) is 8.87 Å². The summed E-state index contributed by atoms with van der Waals surface area (Å²) in [5.74, 6) is 0. The van der Waals surface area contributed by atoms with Gasteiger partial charge in [0, 0.05) is 0 Å². The summed E-state index contributed by atoms with van der Waals surface area (Å²) in [5.41, 5.74) is 0. The number of nitrogens with zero attached hydrogens (tertiary/aromatic N) is 1. The van der Waals surface area contributed by atoms with E-state index < -0.39 is 18.6 Å². The van der Waals surface area contributed by atoms with Crippen LogP contribution in [0.4, 0.5) is 0 Å². The Morgan fingerprint density at radius 3 is 2.11 bits per heavy atom. The monoisotopic (exact) mass is 395 g/mol. The van der Waals surface area contributed by atoms with E-state index in [1.807, 2.05) is 0 Å². The van der Waals surface area contributed by atoms with Gasteiger partial charge in [-0.1, -0.05) is 18.3 Å². The van der Waals surface area contributed by atoms with Gasteiger partial charge in [0.25, 0.3) is 0 Å². The summed E-state index contributed by atoms with van der Waals surface area (Å²) in [6.45, 7) is 4.49. The Morgan fingerprint density at radius 1 is 1.22 bits per heavy atom. The first-order valence-electron chi connectivity index (χ1n) is 6.47. The van der Waals surface area contributed by atoms with Gasteiger partial charge in [0.2, 0.25) is 0 Å². The van der Waals surface area contributed by atoms with Crippen molar-refractivity contribution in [3.8, 4) is 0 Å².